The molecule has 25 heavy (non-hydrogen) atoms. The molecule has 1 rings (SSSR count). The summed E-state index contributed by atoms with van der Waals surface area (Å²) in [7, 11) is -3.03. The van der Waals surface area contributed by atoms with Gasteiger partial charge in [-0.05, 0) is 24.6 Å². The second-order valence-electron chi connectivity index (χ2n) is 5.19. The van der Waals surface area contributed by atoms with Gasteiger partial charge in [-0.25, -0.2) is 26.7 Å². The number of halogens is 2. The Morgan fingerprint density at radius 3 is 2.48 bits per heavy atom. The molecule has 10 heteroatoms. The lowest BCUT2D eigenvalue weighted by Gasteiger charge is -2.16. The zero-order valence-electron chi connectivity index (χ0n) is 13.8. The monoisotopic (exact) mass is 378 g/mol. The third kappa shape index (κ3) is 6.39. The van der Waals surface area contributed by atoms with E-state index >= 15 is 0 Å². The average Bonchev–Trinajstić information content (AvgIpc) is 2.58. The van der Waals surface area contributed by atoms with Crippen LogP contribution in [0.2, 0.25) is 0 Å². The van der Waals surface area contributed by atoms with Crippen LogP contribution in [-0.4, -0.2) is 40.0 Å². The highest BCUT2D eigenvalue weighted by Gasteiger charge is 2.22. The Hall–Kier alpha value is -2.07. The number of esters is 1. The van der Waals surface area contributed by atoms with Crippen molar-refractivity contribution in [2.75, 3.05) is 13.7 Å². The predicted molar refractivity (Wildman–Crippen MR) is 85.0 cm³/mol. The number of methoxy groups -OCH3 is 1. The van der Waals surface area contributed by atoms with Gasteiger partial charge in [0.1, 0.15) is 6.04 Å². The first kappa shape index (κ1) is 21.0. The van der Waals surface area contributed by atoms with Gasteiger partial charge in [0.25, 0.3) is 0 Å². The summed E-state index contributed by atoms with van der Waals surface area (Å²) in [5.41, 5.74) is 0. The first-order chi connectivity index (χ1) is 11.7. The molecule has 0 spiro atoms. The lowest BCUT2D eigenvalue weighted by molar-refractivity contribution is -0.145. The van der Waals surface area contributed by atoms with Crippen LogP contribution >= 0.6 is 0 Å². The smallest absolute Gasteiger partial charge is 0.328 e. The Balaban J connectivity index is 2.69. The summed E-state index contributed by atoms with van der Waals surface area (Å²) >= 11 is 0. The summed E-state index contributed by atoms with van der Waals surface area (Å²) in [5.74, 6) is -3.89. The van der Waals surface area contributed by atoms with E-state index in [0.29, 0.717) is 25.0 Å². The van der Waals surface area contributed by atoms with E-state index in [-0.39, 0.29) is 0 Å². The molecule has 1 atom stereocenters. The van der Waals surface area contributed by atoms with Crippen LogP contribution in [-0.2, 0) is 24.3 Å². The fourth-order valence-electron chi connectivity index (χ4n) is 1.93. The quantitative estimate of drug-likeness (QED) is 0.627. The third-order valence-corrected chi connectivity index (χ3v) is 4.69. The molecule has 1 aromatic carbocycles. The molecule has 0 aliphatic carbocycles. The number of carbonyl (C=O) groups is 2. The van der Waals surface area contributed by atoms with Crippen LogP contribution in [0.4, 0.5) is 8.78 Å². The maximum Gasteiger partial charge on any atom is 0.328 e. The van der Waals surface area contributed by atoms with Gasteiger partial charge in [-0.1, -0.05) is 19.8 Å². The molecule has 7 nitrogen and oxygen atoms in total. The average molecular weight is 378 g/mol. The Labute approximate surface area is 144 Å². The van der Waals surface area contributed by atoms with Crippen LogP contribution in [0.25, 0.3) is 0 Å². The van der Waals surface area contributed by atoms with Gasteiger partial charge in [0, 0.05) is 0 Å². The van der Waals surface area contributed by atoms with E-state index in [4.69, 9.17) is 0 Å². The Morgan fingerprint density at radius 2 is 1.92 bits per heavy atom. The van der Waals surface area contributed by atoms with Crippen molar-refractivity contribution in [1.29, 1.82) is 0 Å². The van der Waals surface area contributed by atoms with Crippen LogP contribution in [0.1, 0.15) is 26.2 Å². The van der Waals surface area contributed by atoms with Crippen LogP contribution < -0.4 is 10.0 Å². The zero-order chi connectivity index (χ0) is 19.0. The second kappa shape index (κ2) is 9.42. The van der Waals surface area contributed by atoms with Gasteiger partial charge < -0.3 is 10.1 Å². The second-order valence-corrected chi connectivity index (χ2v) is 6.95. The van der Waals surface area contributed by atoms with E-state index in [9.17, 15) is 26.8 Å². The highest BCUT2D eigenvalue weighted by atomic mass is 32.2. The summed E-state index contributed by atoms with van der Waals surface area (Å²) in [6.45, 7) is 1.24. The lowest BCUT2D eigenvalue weighted by Crippen LogP contribution is -2.45. The van der Waals surface area contributed by atoms with Crippen LogP contribution in [0.15, 0.2) is 23.1 Å². The fraction of sp³-hybridized carbons (Fsp3) is 0.467. The fourth-order valence-corrected chi connectivity index (χ4v) is 2.93. The first-order valence-electron chi connectivity index (χ1n) is 7.53. The number of sulfonamides is 1. The van der Waals surface area contributed by atoms with Crippen molar-refractivity contribution in [1.82, 2.24) is 10.0 Å². The number of ether oxygens (including phenoxy) is 1. The topological polar surface area (TPSA) is 102 Å². The molecule has 140 valence electrons. The summed E-state index contributed by atoms with van der Waals surface area (Å²) in [6, 6.07) is 1.16. The number of benzene rings is 1. The third-order valence-electron chi connectivity index (χ3n) is 3.29. The molecular formula is C15H20F2N2O5S. The normalized spacial score (nSPS) is 12.5. The molecule has 2 N–H and O–H groups in total. The SMILES string of the molecule is CCCCC(NC(=O)CNS(=O)(=O)c1ccc(F)c(F)c1)C(=O)OC. The lowest BCUT2D eigenvalue weighted by atomic mass is 10.1. The van der Waals surface area contributed by atoms with E-state index in [1.165, 1.54) is 7.11 Å². The number of unbranched alkanes of at least 4 members (excludes halogenated alkanes) is 1. The Kier molecular flexibility index (Phi) is 7.91. The van der Waals surface area contributed by atoms with Crippen molar-refractivity contribution < 1.29 is 31.5 Å². The molecular weight excluding hydrogens is 358 g/mol. The summed E-state index contributed by atoms with van der Waals surface area (Å²) in [5, 5.41) is 2.37. The van der Waals surface area contributed by atoms with Gasteiger partial charge in [-0.3, -0.25) is 4.79 Å². The van der Waals surface area contributed by atoms with Crippen molar-refractivity contribution in [3.8, 4) is 0 Å². The minimum absolute atomic E-state index is 0.352. The zero-order valence-corrected chi connectivity index (χ0v) is 14.7. The molecule has 1 amide bonds. The van der Waals surface area contributed by atoms with E-state index in [0.717, 1.165) is 12.5 Å². The first-order valence-corrected chi connectivity index (χ1v) is 9.01. The highest BCUT2D eigenvalue weighted by molar-refractivity contribution is 7.89. The molecule has 0 radical (unpaired) electrons. The largest absolute Gasteiger partial charge is 0.467 e. The minimum Gasteiger partial charge on any atom is -0.467 e. The van der Waals surface area contributed by atoms with Crippen molar-refractivity contribution in [3.05, 3.63) is 29.8 Å². The minimum atomic E-state index is -4.21. The Bertz CT molecular complexity index is 725. The van der Waals surface area contributed by atoms with E-state index in [1.54, 1.807) is 0 Å². The summed E-state index contributed by atoms with van der Waals surface area (Å²) in [6.07, 6.45) is 1.82. The van der Waals surface area contributed by atoms with Crippen molar-refractivity contribution >= 4 is 21.9 Å². The van der Waals surface area contributed by atoms with E-state index < -0.39 is 51.0 Å². The molecule has 0 aliphatic rings. The van der Waals surface area contributed by atoms with Crippen LogP contribution in [0, 0.1) is 11.6 Å². The van der Waals surface area contributed by atoms with Gasteiger partial charge >= 0.3 is 5.97 Å². The Morgan fingerprint density at radius 1 is 1.24 bits per heavy atom. The molecule has 0 bridgehead atoms. The van der Waals surface area contributed by atoms with Gasteiger partial charge in [0.15, 0.2) is 11.6 Å². The van der Waals surface area contributed by atoms with Crippen LogP contribution in [0.5, 0.6) is 0 Å². The molecule has 0 saturated heterocycles. The van der Waals surface area contributed by atoms with Gasteiger partial charge in [0.2, 0.25) is 15.9 Å². The van der Waals surface area contributed by atoms with Crippen molar-refractivity contribution in [2.45, 2.75) is 37.1 Å². The van der Waals surface area contributed by atoms with Gasteiger partial charge in [-0.2, -0.15) is 0 Å². The maximum absolute atomic E-state index is 13.1. The molecule has 0 heterocycles. The number of hydrogen-bond acceptors (Lipinski definition) is 5. The molecule has 0 fully saturated rings. The van der Waals surface area contributed by atoms with Crippen molar-refractivity contribution in [2.24, 2.45) is 0 Å². The molecule has 0 saturated carbocycles. The predicted octanol–water partition coefficient (Wildman–Crippen LogP) is 1.09. The molecule has 0 aromatic heterocycles. The van der Waals surface area contributed by atoms with Gasteiger partial charge in [0.05, 0.1) is 18.6 Å². The van der Waals surface area contributed by atoms with Gasteiger partial charge in [-0.15, -0.1) is 0 Å². The molecule has 1 aromatic rings. The van der Waals surface area contributed by atoms with Crippen molar-refractivity contribution in [3.63, 3.8) is 0 Å². The number of hydrogen-bond donors (Lipinski definition) is 2. The number of amides is 1. The van der Waals surface area contributed by atoms with Crippen LogP contribution in [0.3, 0.4) is 0 Å². The standard InChI is InChI=1S/C15H20F2N2O5S/c1-3-4-5-13(15(21)24-2)19-14(20)9-18-25(22,23)10-6-7-11(16)12(17)8-10/h6-8,13,18H,3-5,9H2,1-2H3,(H,19,20). The van der Waals surface area contributed by atoms with E-state index in [1.807, 2.05) is 11.6 Å². The maximum atomic E-state index is 13.1. The number of rotatable bonds is 9. The summed E-state index contributed by atoms with van der Waals surface area (Å²) in [4.78, 5) is 22.9. The number of carbonyl (C=O) groups excluding carboxylic acids is 2. The number of nitrogens with one attached hydrogen (secondary N) is 2. The molecule has 1 unspecified atom stereocenters. The highest BCUT2D eigenvalue weighted by Crippen LogP contribution is 2.13. The summed E-state index contributed by atoms with van der Waals surface area (Å²) < 4.78 is 56.5. The van der Waals surface area contributed by atoms with E-state index in [2.05, 4.69) is 10.1 Å². The molecule has 0 aliphatic heterocycles.